The molecule has 34 nitrogen and oxygen atoms in total. The van der Waals surface area contributed by atoms with Crippen LogP contribution in [0, 0.1) is 33.4 Å². The lowest BCUT2D eigenvalue weighted by Gasteiger charge is -2.50. The number of non-ortho nitro benzene ring substituents is 1. The second-order valence-corrected chi connectivity index (χ2v) is 43.2. The van der Waals surface area contributed by atoms with Crippen LogP contribution in [0.25, 0.3) is 0 Å². The normalized spacial score (nSPS) is 25.2. The summed E-state index contributed by atoms with van der Waals surface area (Å²) >= 11 is 11.7. The first-order valence-corrected chi connectivity index (χ1v) is 45.0. The Morgan fingerprint density at radius 2 is 0.762 bits per heavy atom. The van der Waals surface area contributed by atoms with Gasteiger partial charge in [0.15, 0.2) is 11.6 Å². The van der Waals surface area contributed by atoms with E-state index in [9.17, 15) is 65.5 Å². The smallest absolute Gasteiger partial charge is 0.414 e. The van der Waals surface area contributed by atoms with Gasteiger partial charge in [0.2, 0.25) is 23.8 Å². The SMILES string of the molecule is C.C.CNS1(O)C[C@@](C)(c2cc(CC(=O)c3ccc(Cl)cn3)ccc2F)N=C(N)N1C.CNS1(O)C[C@@](C)(c2cc(CC(=O)c3ccc(Cl)cn3)ccc2F)N=C(NC(=O)OC(C)(C)C)N1C.CNS1(O)C[C@@](C)(c2cc(N)ccc2F)N=C(NC(=O)OC(C)(C)C)N1C.CNS1(O)C[C@@](C)(c2cc([N+](=O)[O-])ccc2F)N=C(NC(=O)OC(C)(C)C)N1C.[B].[B][B]. The lowest BCUT2D eigenvalue weighted by molar-refractivity contribution is -0.385. The molecule has 6 aromatic rings. The highest BCUT2D eigenvalue weighted by atomic mass is 35.5. The number of guanidine groups is 4. The molecule has 15 N–H and O–H groups in total. The number of halogens is 6. The van der Waals surface area contributed by atoms with Crippen molar-refractivity contribution in [2.24, 2.45) is 25.7 Å². The zero-order valence-corrected chi connectivity index (χ0v) is 77.5. The van der Waals surface area contributed by atoms with Gasteiger partial charge in [0.25, 0.3) is 5.69 Å². The maximum Gasteiger partial charge on any atom is 0.414 e. The van der Waals surface area contributed by atoms with Crippen LogP contribution in [0.3, 0.4) is 0 Å². The molecule has 0 saturated heterocycles. The Hall–Kier alpha value is -9.22. The number of aliphatic imine (C=N–C) groups is 4. The summed E-state index contributed by atoms with van der Waals surface area (Å²) in [4.78, 5) is 98.8. The number of ether oxygens (including phenoxy) is 3. The van der Waals surface area contributed by atoms with Crippen LogP contribution in [0.1, 0.15) is 159 Å². The van der Waals surface area contributed by atoms with Gasteiger partial charge in [0.1, 0.15) is 73.6 Å². The monoisotopic (exact) mass is 1880 g/mol. The summed E-state index contributed by atoms with van der Waals surface area (Å²) in [7, 11) is 10.1. The van der Waals surface area contributed by atoms with E-state index in [-0.39, 0.29) is 134 Å². The fourth-order valence-electron chi connectivity index (χ4n) is 12.6. The molecular weight excluding hydrogens is 1760 g/mol. The van der Waals surface area contributed by atoms with Gasteiger partial charge in [-0.1, -0.05) is 50.2 Å². The van der Waals surface area contributed by atoms with Crippen LogP contribution >= 0.6 is 65.9 Å². The largest absolute Gasteiger partial charge is 0.444 e. The van der Waals surface area contributed by atoms with Crippen molar-refractivity contribution in [2.75, 3.05) is 85.1 Å². The second kappa shape index (κ2) is 43.7. The Balaban J connectivity index is 0.000000429. The number of nitrogen functional groups attached to an aromatic ring is 1. The number of alkyl carbamates (subject to hydrolysis) is 3. The average molecular weight is 1880 g/mol. The summed E-state index contributed by atoms with van der Waals surface area (Å²) < 4.78 is 137. The number of aromatic nitrogens is 2. The number of nitrogens with zero attached hydrogens (tertiary/aromatic N) is 11. The number of hydrogen-bond acceptors (Lipinski definition) is 30. The molecule has 0 bridgehead atoms. The molecule has 0 saturated carbocycles. The fourth-order valence-corrected chi connectivity index (χ4v) is 20.8. The molecule has 4 aliphatic heterocycles. The van der Waals surface area contributed by atoms with E-state index in [1.807, 2.05) is 0 Å². The van der Waals surface area contributed by atoms with Crippen LogP contribution in [-0.4, -0.2) is 224 Å². The molecule has 0 fully saturated rings. The molecule has 691 valence electrons. The first kappa shape index (κ1) is 111. The fraction of sp³-hybridized carbons (Fsp3) is 0.456. The highest BCUT2D eigenvalue weighted by Crippen LogP contribution is 2.56. The van der Waals surface area contributed by atoms with Crippen molar-refractivity contribution in [3.8, 4) is 0 Å². The van der Waals surface area contributed by atoms with Crippen molar-refractivity contribution in [1.82, 2.24) is 62.0 Å². The summed E-state index contributed by atoms with van der Waals surface area (Å²) in [5.74, 6) is -2.34. The maximum absolute atomic E-state index is 15.2. The minimum atomic E-state index is -2.76. The number of hydrogen-bond donors (Lipinski definition) is 13. The van der Waals surface area contributed by atoms with E-state index in [1.54, 1.807) is 162 Å². The van der Waals surface area contributed by atoms with Gasteiger partial charge in [-0.15, -0.1) is 0 Å². The van der Waals surface area contributed by atoms with Crippen molar-refractivity contribution >= 4 is 155 Å². The molecular formula is C79H116B3Cl2F4N20O14S4. The van der Waals surface area contributed by atoms with Crippen molar-refractivity contribution in [3.63, 3.8) is 0 Å². The highest BCUT2D eigenvalue weighted by molar-refractivity contribution is 8.26. The van der Waals surface area contributed by atoms with Gasteiger partial charge in [-0.2, -0.15) is 0 Å². The summed E-state index contributed by atoms with van der Waals surface area (Å²) in [6.07, 6.45) is 0.537. The molecule has 8 atom stereocenters. The van der Waals surface area contributed by atoms with Gasteiger partial charge in [0.05, 0.1) is 38.0 Å². The molecule has 0 spiro atoms. The van der Waals surface area contributed by atoms with Crippen LogP contribution in [0.4, 0.5) is 43.3 Å². The molecule has 3 amide bonds. The van der Waals surface area contributed by atoms with Crippen LogP contribution in [-0.2, 0) is 49.2 Å². The number of benzene rings is 4. The Kier molecular flexibility index (Phi) is 38.5. The van der Waals surface area contributed by atoms with Gasteiger partial charge < -0.3 is 43.9 Å². The number of nitro groups is 1. The van der Waals surface area contributed by atoms with Crippen molar-refractivity contribution < 1.29 is 78.9 Å². The van der Waals surface area contributed by atoms with Gasteiger partial charge in [-0.05, 0) is 202 Å². The Labute approximate surface area is 756 Å². The zero-order valence-electron chi connectivity index (χ0n) is 72.7. The predicted octanol–water partition coefficient (Wildman–Crippen LogP) is 13.8. The number of carbonyl (C=O) groups excluding carboxylic acids is 5. The summed E-state index contributed by atoms with van der Waals surface area (Å²) in [5, 5.41) is 19.6. The van der Waals surface area contributed by atoms with E-state index < -0.39 is 128 Å². The summed E-state index contributed by atoms with van der Waals surface area (Å²) in [6, 6.07) is 22.4. The maximum atomic E-state index is 15.2. The Bertz CT molecular complexity index is 5030. The first-order valence-electron chi connectivity index (χ1n) is 37.4. The highest BCUT2D eigenvalue weighted by Gasteiger charge is 2.50. The minimum absolute atomic E-state index is 0. The van der Waals surface area contributed by atoms with E-state index in [2.05, 4.69) is 80.3 Å². The lowest BCUT2D eigenvalue weighted by Crippen LogP contribution is -2.54. The van der Waals surface area contributed by atoms with E-state index in [1.165, 1.54) is 93.1 Å². The molecule has 10 rings (SSSR count). The van der Waals surface area contributed by atoms with Crippen molar-refractivity contribution in [1.29, 1.82) is 0 Å². The lowest BCUT2D eigenvalue weighted by atomic mass is 9.81. The number of amides is 3. The summed E-state index contributed by atoms with van der Waals surface area (Å²) in [5.41, 5.74) is 7.07. The molecule has 126 heavy (non-hydrogen) atoms. The molecule has 2 aromatic heterocycles. The second-order valence-electron chi connectivity index (χ2n) is 32.0. The molecule has 7 radical (unpaired) electrons. The average Bonchev–Trinajstić information content (AvgIpc) is 0.763. The van der Waals surface area contributed by atoms with Gasteiger partial charge in [-0.25, -0.2) is 70.8 Å². The number of nitro benzene ring substituents is 1. The quantitative estimate of drug-likeness (QED) is 0.00863. The Morgan fingerprint density at radius 3 is 1.05 bits per heavy atom. The molecule has 0 aliphatic carbocycles. The van der Waals surface area contributed by atoms with E-state index in [0.717, 1.165) is 18.2 Å². The number of carbonyl (C=O) groups is 5. The van der Waals surface area contributed by atoms with E-state index in [0.29, 0.717) is 26.9 Å². The number of anilines is 1. The van der Waals surface area contributed by atoms with Crippen LogP contribution < -0.4 is 46.3 Å². The molecule has 6 heterocycles. The van der Waals surface area contributed by atoms with Gasteiger partial charge >= 0.3 is 18.3 Å². The summed E-state index contributed by atoms with van der Waals surface area (Å²) in [6.45, 7) is 22.0. The number of ketones is 2. The number of rotatable bonds is 15. The topological polar surface area (TPSA) is 462 Å². The third-order valence-electron chi connectivity index (χ3n) is 18.8. The van der Waals surface area contributed by atoms with Gasteiger partial charge in [0, 0.05) is 160 Å². The standard InChI is InChI=1S/C24H31ClFN5O4S.C19H23ClFN5O2S.C17H26FN5O5S.C17H28FN5O3S.2CH4.B2.B/c1-23(2,3)35-22(33)29-21-30-24(4,14-36(34,27-5)31(21)6)17-11-15(7-9-18(17)26)12-20(32)19-10-8-16(25)13-28-19;1-19(11-29(28,23-2)26(3)18(22)25-19)14-8-12(4-6-15(14)21)9-17(27)16-7-5-13(20)10-24-16;1-16(2,3)28-15(24)20-14-21-17(4,10-29(27,19-5)22(14)6)12-9-11(23(25)26)7-8-13(12)18;1-16(2,3)26-15(24)21-14-22-17(4,10-27(25,20-5)23(14)6)12-9-11(19)7-8-13(12)18;;;1-2;/h7-11,13,27,34H,12,14H2,1-6H3,(H,29,30,33);4-8,10,23,28H,9,11H2,1-3H3,(H2,22,25);7-9,19,27H,10H2,1-6H3,(H,20,21,24);7-9,20,25H,10,19H2,1-6H3,(H,21,22,24);2*1H4;;/t24-;19-;2*17-;;;;/m0000..../s1. The molecule has 4 aromatic carbocycles. The van der Waals surface area contributed by atoms with E-state index >= 15 is 4.39 Å². The van der Waals surface area contributed by atoms with Crippen molar-refractivity contribution in [3.05, 3.63) is 198 Å². The third kappa shape index (κ3) is 28.1. The third-order valence-corrected chi connectivity index (χ3v) is 30.1. The number of nitrogens with one attached hydrogen (secondary N) is 7. The van der Waals surface area contributed by atoms with Crippen LogP contribution in [0.5, 0.6) is 0 Å². The molecule has 47 heteroatoms. The van der Waals surface area contributed by atoms with Crippen LogP contribution in [0.2, 0.25) is 10.0 Å². The van der Waals surface area contributed by atoms with Gasteiger partial charge in [-0.3, -0.25) is 62.8 Å². The molecule has 4 unspecified atom stereocenters. The Morgan fingerprint density at radius 1 is 0.484 bits per heavy atom. The zero-order chi connectivity index (χ0) is 93.1. The predicted molar refractivity (Wildman–Crippen MR) is 501 cm³/mol. The van der Waals surface area contributed by atoms with Crippen LogP contribution in [0.15, 0.2) is 129 Å². The number of pyridine rings is 2. The minimum Gasteiger partial charge on any atom is -0.444 e. The molecule has 4 aliphatic rings. The number of nitrogens with two attached hydrogens (primary N) is 2. The van der Waals surface area contributed by atoms with Crippen molar-refractivity contribution in [2.45, 2.75) is 157 Å². The number of Topliss-reactive ketones (excluding diaryl/α,β-unsaturated/α-hetero) is 2. The van der Waals surface area contributed by atoms with E-state index in [4.69, 9.17) is 48.9 Å². The first-order chi connectivity index (χ1) is 56.7.